The monoisotopic (exact) mass is 576 g/mol. The van der Waals surface area contributed by atoms with Gasteiger partial charge in [0.2, 0.25) is 0 Å². The van der Waals surface area contributed by atoms with Crippen LogP contribution in [0.15, 0.2) is 42.7 Å². The summed E-state index contributed by atoms with van der Waals surface area (Å²) in [5.74, 6) is 0.639. The van der Waals surface area contributed by atoms with Gasteiger partial charge in [-0.25, -0.2) is 24.1 Å². The molecule has 2 N–H and O–H groups in total. The summed E-state index contributed by atoms with van der Waals surface area (Å²) in [6.45, 7) is 5.22. The summed E-state index contributed by atoms with van der Waals surface area (Å²) in [4.78, 5) is 39.9. The van der Waals surface area contributed by atoms with Crippen LogP contribution < -0.4 is 25.0 Å². The van der Waals surface area contributed by atoms with Gasteiger partial charge in [-0.15, -0.1) is 11.3 Å². The number of nitrogens with one attached hydrogen (secondary N) is 2. The van der Waals surface area contributed by atoms with E-state index in [0.29, 0.717) is 56.8 Å². The van der Waals surface area contributed by atoms with Crippen LogP contribution in [0.3, 0.4) is 0 Å². The third kappa shape index (κ3) is 5.27. The molecule has 3 amide bonds. The zero-order valence-corrected chi connectivity index (χ0v) is 23.5. The number of aryl methyl sites for hydroxylation is 1. The van der Waals surface area contributed by atoms with Gasteiger partial charge in [0.05, 0.1) is 23.9 Å². The average Bonchev–Trinajstić information content (AvgIpc) is 3.35. The summed E-state index contributed by atoms with van der Waals surface area (Å²) >= 11 is 1.15. The van der Waals surface area contributed by atoms with Crippen LogP contribution in [0, 0.1) is 12.7 Å². The molecular weight excluding hydrogens is 547 g/mol. The fourth-order valence-corrected chi connectivity index (χ4v) is 6.14. The lowest BCUT2D eigenvalue weighted by Crippen LogP contribution is -2.35. The van der Waals surface area contributed by atoms with Gasteiger partial charge in [-0.2, -0.15) is 0 Å². The number of thiophene rings is 1. The lowest BCUT2D eigenvalue weighted by molar-refractivity contribution is 0.103. The minimum atomic E-state index is -0.510. The van der Waals surface area contributed by atoms with Gasteiger partial charge in [0, 0.05) is 18.3 Å². The molecule has 2 aromatic heterocycles. The Morgan fingerprint density at radius 1 is 1.12 bits per heavy atom. The molecule has 0 atom stereocenters. The number of nitrogens with zero attached hydrogens (tertiary/aromatic N) is 4. The standard InChI is InChI=1S/C29H29FN6O4S/c1-17-14-19(7-8-20(17)30)36-26-23-24(34-29(36)38)25(41-28(23)32-16-31-26)27(37)33-18-6-9-21(22(15-18)39-2)40-13-12-35-10-4-3-5-11-35/h6-9,14-16H,3-5,10-13H2,1-2H3,(H,33,37)(H,34,38). The number of piperidine rings is 1. The summed E-state index contributed by atoms with van der Waals surface area (Å²) in [6.07, 6.45) is 5.08. The number of halogens is 1. The third-order valence-electron chi connectivity index (χ3n) is 7.26. The molecule has 6 rings (SSSR count). The normalized spacial score (nSPS) is 15.1. The molecule has 0 radical (unpaired) electrons. The van der Waals surface area contributed by atoms with Crippen LogP contribution in [0.5, 0.6) is 11.5 Å². The Bertz CT molecular complexity index is 1640. The predicted octanol–water partition coefficient (Wildman–Crippen LogP) is 5.95. The molecule has 2 aromatic carbocycles. The summed E-state index contributed by atoms with van der Waals surface area (Å²) in [5, 5.41) is 6.25. The third-order valence-corrected chi connectivity index (χ3v) is 8.35. The maximum Gasteiger partial charge on any atom is 0.332 e. The molecule has 0 bridgehead atoms. The maximum absolute atomic E-state index is 13.9. The highest BCUT2D eigenvalue weighted by Gasteiger charge is 2.34. The van der Waals surface area contributed by atoms with Gasteiger partial charge in [-0.1, -0.05) is 6.42 Å². The molecule has 0 aliphatic carbocycles. The van der Waals surface area contributed by atoms with Crippen LogP contribution >= 0.6 is 11.3 Å². The van der Waals surface area contributed by atoms with Crippen molar-refractivity contribution < 1.29 is 23.5 Å². The van der Waals surface area contributed by atoms with E-state index in [4.69, 9.17) is 9.47 Å². The first-order valence-corrected chi connectivity index (χ1v) is 14.2. The number of aromatic nitrogens is 2. The van der Waals surface area contributed by atoms with Crippen molar-refractivity contribution in [2.75, 3.05) is 48.9 Å². The number of carbonyl (C=O) groups is 2. The number of likely N-dealkylation sites (tertiary alicyclic amines) is 1. The Hall–Kier alpha value is -4.29. The van der Waals surface area contributed by atoms with Crippen LogP contribution in [0.4, 0.5) is 32.1 Å². The van der Waals surface area contributed by atoms with E-state index < -0.39 is 11.9 Å². The first-order chi connectivity index (χ1) is 19.9. The van der Waals surface area contributed by atoms with E-state index in [2.05, 4.69) is 25.5 Å². The van der Waals surface area contributed by atoms with Crippen molar-refractivity contribution in [3.63, 3.8) is 0 Å². The first-order valence-electron chi connectivity index (χ1n) is 13.4. The number of rotatable bonds is 8. The Morgan fingerprint density at radius 2 is 1.95 bits per heavy atom. The average molecular weight is 577 g/mol. The number of hydrogen-bond acceptors (Lipinski definition) is 8. The van der Waals surface area contributed by atoms with Gasteiger partial charge >= 0.3 is 6.03 Å². The SMILES string of the molecule is COc1cc(NC(=O)c2sc3ncnc4c3c2NC(=O)N4c2ccc(F)c(C)c2)ccc1OCCN1CCCCC1. The number of ether oxygens (including phenoxy) is 2. The molecular formula is C29H29FN6O4S. The zero-order valence-electron chi connectivity index (χ0n) is 22.7. The molecule has 10 nitrogen and oxygen atoms in total. The molecule has 41 heavy (non-hydrogen) atoms. The Morgan fingerprint density at radius 3 is 2.73 bits per heavy atom. The van der Waals surface area contributed by atoms with Crippen molar-refractivity contribution >= 4 is 56.4 Å². The molecule has 0 unspecified atom stereocenters. The molecule has 0 spiro atoms. The number of benzene rings is 2. The van der Waals surface area contributed by atoms with Gasteiger partial charge in [-0.05, 0) is 68.8 Å². The van der Waals surface area contributed by atoms with Crippen molar-refractivity contribution in [1.82, 2.24) is 14.9 Å². The highest BCUT2D eigenvalue weighted by Crippen LogP contribution is 2.45. The van der Waals surface area contributed by atoms with Crippen LogP contribution in [-0.2, 0) is 0 Å². The van der Waals surface area contributed by atoms with Gasteiger partial charge in [-0.3, -0.25) is 9.69 Å². The lowest BCUT2D eigenvalue weighted by atomic mass is 10.1. The van der Waals surface area contributed by atoms with Gasteiger partial charge < -0.3 is 20.1 Å². The molecule has 1 fully saturated rings. The highest BCUT2D eigenvalue weighted by molar-refractivity contribution is 7.21. The van der Waals surface area contributed by atoms with Gasteiger partial charge in [0.25, 0.3) is 5.91 Å². The molecule has 212 valence electrons. The minimum absolute atomic E-state index is 0.283. The number of carbonyl (C=O) groups excluding carboxylic acids is 2. The van der Waals surface area contributed by atoms with E-state index in [1.165, 1.54) is 42.6 Å². The molecule has 0 saturated carbocycles. The lowest BCUT2D eigenvalue weighted by Gasteiger charge is -2.27. The maximum atomic E-state index is 13.9. The van der Waals surface area contributed by atoms with E-state index in [0.717, 1.165) is 31.0 Å². The second-order valence-electron chi connectivity index (χ2n) is 9.95. The van der Waals surface area contributed by atoms with E-state index >= 15 is 0 Å². The number of urea groups is 1. The fraction of sp³-hybridized carbons (Fsp3) is 0.310. The van der Waals surface area contributed by atoms with Crippen LogP contribution in [-0.4, -0.2) is 60.2 Å². The first kappa shape index (κ1) is 26.9. The predicted molar refractivity (Wildman–Crippen MR) is 156 cm³/mol. The van der Waals surface area contributed by atoms with Crippen molar-refractivity contribution in [2.24, 2.45) is 0 Å². The molecule has 12 heteroatoms. The molecule has 2 aliphatic rings. The molecule has 4 heterocycles. The second kappa shape index (κ2) is 11.3. The zero-order chi connectivity index (χ0) is 28.5. The topological polar surface area (TPSA) is 109 Å². The van der Waals surface area contributed by atoms with Gasteiger partial charge in [0.1, 0.15) is 28.5 Å². The number of anilines is 4. The summed E-state index contributed by atoms with van der Waals surface area (Å²) < 4.78 is 25.4. The van der Waals surface area contributed by atoms with Crippen LogP contribution in [0.1, 0.15) is 34.5 Å². The highest BCUT2D eigenvalue weighted by atomic mass is 32.1. The van der Waals surface area contributed by atoms with Crippen molar-refractivity contribution in [1.29, 1.82) is 0 Å². The van der Waals surface area contributed by atoms with Crippen molar-refractivity contribution in [2.45, 2.75) is 26.2 Å². The van der Waals surface area contributed by atoms with E-state index in [1.54, 1.807) is 38.3 Å². The van der Waals surface area contributed by atoms with Crippen molar-refractivity contribution in [3.8, 4) is 11.5 Å². The smallest absolute Gasteiger partial charge is 0.332 e. The number of hydrogen-bond donors (Lipinski definition) is 2. The Kier molecular flexibility index (Phi) is 7.41. The summed E-state index contributed by atoms with van der Waals surface area (Å²) in [5.41, 5.74) is 1.69. The largest absolute Gasteiger partial charge is 0.493 e. The Balaban J connectivity index is 1.22. The van der Waals surface area contributed by atoms with Crippen LogP contribution in [0.2, 0.25) is 0 Å². The molecule has 1 saturated heterocycles. The van der Waals surface area contributed by atoms with Crippen molar-refractivity contribution in [3.05, 3.63) is 59.0 Å². The van der Waals surface area contributed by atoms with E-state index in [-0.39, 0.29) is 10.7 Å². The summed E-state index contributed by atoms with van der Waals surface area (Å²) in [7, 11) is 1.55. The minimum Gasteiger partial charge on any atom is -0.493 e. The Labute approximate surface area is 240 Å². The van der Waals surface area contributed by atoms with E-state index in [1.807, 2.05) is 0 Å². The number of amides is 3. The molecule has 2 aliphatic heterocycles. The fourth-order valence-electron chi connectivity index (χ4n) is 5.15. The van der Waals surface area contributed by atoms with Gasteiger partial charge in [0.15, 0.2) is 17.3 Å². The van der Waals surface area contributed by atoms with Crippen LogP contribution in [0.25, 0.3) is 10.2 Å². The molecule has 4 aromatic rings. The number of methoxy groups -OCH3 is 1. The quantitative estimate of drug-likeness (QED) is 0.267. The second-order valence-corrected chi connectivity index (χ2v) is 11.0. The van der Waals surface area contributed by atoms with E-state index in [9.17, 15) is 14.0 Å². The summed E-state index contributed by atoms with van der Waals surface area (Å²) in [6, 6.07) is 9.10.